The van der Waals surface area contributed by atoms with Gasteiger partial charge in [0.15, 0.2) is 11.4 Å². The number of oxazole rings is 1. The van der Waals surface area contributed by atoms with Crippen LogP contribution < -0.4 is 0 Å². The number of fused-ring (bicyclic) bond motifs is 1. The zero-order chi connectivity index (χ0) is 28.6. The number of rotatable bonds is 6. The molecule has 5 heterocycles. The third-order valence-corrected chi connectivity index (χ3v) is 7.98. The van der Waals surface area contributed by atoms with Crippen LogP contribution in [0.25, 0.3) is 33.8 Å². The number of aryl methyl sites for hydroxylation is 2. The maximum Gasteiger partial charge on any atom is 0.272 e. The fourth-order valence-corrected chi connectivity index (χ4v) is 5.84. The molecule has 0 N–H and O–H groups in total. The molecular formula is C31H29N9O2. The topological polar surface area (TPSA) is 121 Å². The van der Waals surface area contributed by atoms with Gasteiger partial charge in [-0.3, -0.25) is 9.78 Å². The molecule has 42 heavy (non-hydrogen) atoms. The van der Waals surface area contributed by atoms with Gasteiger partial charge in [0.25, 0.3) is 5.91 Å². The van der Waals surface area contributed by atoms with Crippen LogP contribution in [0.5, 0.6) is 0 Å². The number of nitrogens with zero attached hydrogens (tertiary/aromatic N) is 9. The minimum atomic E-state index is -0.0983. The molecule has 0 aliphatic carbocycles. The fraction of sp³-hybridized carbons (Fsp3) is 0.258. The van der Waals surface area contributed by atoms with Crippen LogP contribution in [-0.4, -0.2) is 63.6 Å². The van der Waals surface area contributed by atoms with Crippen molar-refractivity contribution >= 4 is 17.0 Å². The smallest absolute Gasteiger partial charge is 0.272 e. The summed E-state index contributed by atoms with van der Waals surface area (Å²) in [4.78, 5) is 30.2. The number of pyridine rings is 1. The van der Waals surface area contributed by atoms with Crippen LogP contribution in [0.2, 0.25) is 0 Å². The highest BCUT2D eigenvalue weighted by Crippen LogP contribution is 2.36. The molecule has 11 heteroatoms. The summed E-state index contributed by atoms with van der Waals surface area (Å²) in [5, 5.41) is 12.9. The molecule has 11 nitrogen and oxygen atoms in total. The lowest BCUT2D eigenvalue weighted by atomic mass is 9.79. The lowest BCUT2D eigenvalue weighted by Crippen LogP contribution is -2.40. The van der Waals surface area contributed by atoms with E-state index in [1.54, 1.807) is 25.6 Å². The molecule has 0 radical (unpaired) electrons. The zero-order valence-corrected chi connectivity index (χ0v) is 23.3. The summed E-state index contributed by atoms with van der Waals surface area (Å²) in [5.41, 5.74) is 5.65. The van der Waals surface area contributed by atoms with E-state index >= 15 is 0 Å². The molecule has 2 aromatic carbocycles. The standard InChI is InChI=1S/C31H29N9O2/c1-38-19-32-18-26(38)22-8-9-27-24(16-22)34-30(42-27)23-10-13-33-25(17-23)31(41)40-14-11-21(12-15-40)28(20-6-4-3-5-7-20)29-35-37-39(2)36-29/h3-10,13,16-19,21,28H,11-12,14-15H2,1-2H3. The number of piperidine rings is 1. The predicted molar refractivity (Wildman–Crippen MR) is 155 cm³/mol. The average molecular weight is 560 g/mol. The lowest BCUT2D eigenvalue weighted by molar-refractivity contribution is 0.0676. The van der Waals surface area contributed by atoms with Crippen molar-refractivity contribution in [1.29, 1.82) is 0 Å². The van der Waals surface area contributed by atoms with Crippen LogP contribution in [0.3, 0.4) is 0 Å². The number of tetrazole rings is 1. The van der Waals surface area contributed by atoms with Gasteiger partial charge in [0.05, 0.1) is 31.2 Å². The van der Waals surface area contributed by atoms with Gasteiger partial charge in [-0.25, -0.2) is 9.97 Å². The van der Waals surface area contributed by atoms with Crippen molar-refractivity contribution in [1.82, 2.24) is 44.6 Å². The zero-order valence-electron chi connectivity index (χ0n) is 23.3. The van der Waals surface area contributed by atoms with Gasteiger partial charge < -0.3 is 13.9 Å². The van der Waals surface area contributed by atoms with Crippen LogP contribution in [-0.2, 0) is 14.1 Å². The number of hydrogen-bond donors (Lipinski definition) is 0. The van der Waals surface area contributed by atoms with Gasteiger partial charge in [0.2, 0.25) is 5.89 Å². The number of benzene rings is 2. The summed E-state index contributed by atoms with van der Waals surface area (Å²) in [6.45, 7) is 1.25. The molecule has 1 fully saturated rings. The first-order valence-corrected chi connectivity index (χ1v) is 14.0. The van der Waals surface area contributed by atoms with E-state index in [4.69, 9.17) is 9.40 Å². The van der Waals surface area contributed by atoms with Gasteiger partial charge in [-0.15, -0.1) is 10.2 Å². The molecule has 210 valence electrons. The Hall–Kier alpha value is -5.19. The monoisotopic (exact) mass is 559 g/mol. The van der Waals surface area contributed by atoms with E-state index in [0.717, 1.165) is 35.2 Å². The Labute approximate surface area is 241 Å². The number of hydrogen-bond acceptors (Lipinski definition) is 8. The number of imidazole rings is 1. The van der Waals surface area contributed by atoms with Gasteiger partial charge in [-0.1, -0.05) is 30.3 Å². The maximum atomic E-state index is 13.5. The van der Waals surface area contributed by atoms with Gasteiger partial charge in [-0.2, -0.15) is 4.80 Å². The number of aromatic nitrogens is 8. The third-order valence-electron chi connectivity index (χ3n) is 7.98. The number of likely N-dealkylation sites (tertiary alicyclic amines) is 1. The van der Waals surface area contributed by atoms with E-state index in [1.165, 1.54) is 4.80 Å². The number of carbonyl (C=O) groups is 1. The SMILES string of the molecule is Cn1nnc(C(c2ccccc2)C2CCN(C(=O)c3cc(-c4nc5cc(-c6cncn6C)ccc5o4)ccn3)CC2)n1. The third kappa shape index (κ3) is 4.83. The summed E-state index contributed by atoms with van der Waals surface area (Å²) >= 11 is 0. The van der Waals surface area contributed by atoms with Gasteiger partial charge in [-0.05, 0) is 59.9 Å². The van der Waals surface area contributed by atoms with E-state index in [9.17, 15) is 4.79 Å². The molecule has 1 unspecified atom stereocenters. The predicted octanol–water partition coefficient (Wildman–Crippen LogP) is 4.50. The van der Waals surface area contributed by atoms with Crippen molar-refractivity contribution < 1.29 is 9.21 Å². The second-order valence-electron chi connectivity index (χ2n) is 10.7. The molecule has 1 atom stereocenters. The Balaban J connectivity index is 1.08. The van der Waals surface area contributed by atoms with Crippen LogP contribution in [0.1, 0.15) is 40.6 Å². The lowest BCUT2D eigenvalue weighted by Gasteiger charge is -2.35. The van der Waals surface area contributed by atoms with E-state index in [2.05, 4.69) is 37.5 Å². The molecule has 1 amide bonds. The Morgan fingerprint density at radius 3 is 2.57 bits per heavy atom. The first-order chi connectivity index (χ1) is 20.5. The molecule has 1 saturated heterocycles. The molecule has 0 saturated carbocycles. The van der Waals surface area contributed by atoms with Crippen LogP contribution in [0.4, 0.5) is 0 Å². The van der Waals surface area contributed by atoms with Crippen molar-refractivity contribution in [3.8, 4) is 22.7 Å². The molecule has 1 aliphatic heterocycles. The second kappa shape index (κ2) is 10.7. The first kappa shape index (κ1) is 25.8. The average Bonchev–Trinajstić information content (AvgIpc) is 3.77. The van der Waals surface area contributed by atoms with Gasteiger partial charge in [0.1, 0.15) is 11.2 Å². The molecular weight excluding hydrogens is 530 g/mol. The van der Waals surface area contributed by atoms with Crippen LogP contribution in [0.15, 0.2) is 83.8 Å². The Kier molecular flexibility index (Phi) is 6.54. The second-order valence-corrected chi connectivity index (χ2v) is 10.7. The largest absolute Gasteiger partial charge is 0.436 e. The Morgan fingerprint density at radius 2 is 1.83 bits per heavy atom. The Morgan fingerprint density at radius 1 is 1.00 bits per heavy atom. The maximum absolute atomic E-state index is 13.5. The van der Waals surface area contributed by atoms with Crippen molar-refractivity contribution in [3.63, 3.8) is 0 Å². The van der Waals surface area contributed by atoms with E-state index in [1.807, 2.05) is 65.2 Å². The quantitative estimate of drug-likeness (QED) is 0.293. The molecule has 6 aromatic rings. The Bertz CT molecular complexity index is 1870. The van der Waals surface area contributed by atoms with Gasteiger partial charge in [0, 0.05) is 37.5 Å². The van der Waals surface area contributed by atoms with Crippen molar-refractivity contribution in [2.75, 3.05) is 13.1 Å². The van der Waals surface area contributed by atoms with Crippen molar-refractivity contribution in [2.45, 2.75) is 18.8 Å². The molecule has 0 bridgehead atoms. The number of carbonyl (C=O) groups excluding carboxylic acids is 1. The highest BCUT2D eigenvalue weighted by atomic mass is 16.3. The van der Waals surface area contributed by atoms with Crippen LogP contribution in [0, 0.1) is 5.92 Å². The summed E-state index contributed by atoms with van der Waals surface area (Å²) in [5.74, 6) is 1.38. The molecule has 1 aliphatic rings. The molecule has 4 aromatic heterocycles. The minimum Gasteiger partial charge on any atom is -0.436 e. The summed E-state index contributed by atoms with van der Waals surface area (Å²) in [6.07, 6.45) is 6.87. The first-order valence-electron chi connectivity index (χ1n) is 14.0. The summed E-state index contributed by atoms with van der Waals surface area (Å²) < 4.78 is 8.02. The highest BCUT2D eigenvalue weighted by molar-refractivity contribution is 5.93. The highest BCUT2D eigenvalue weighted by Gasteiger charge is 2.33. The minimum absolute atomic E-state index is 0.0242. The number of amides is 1. The fourth-order valence-electron chi connectivity index (χ4n) is 5.84. The molecule has 0 spiro atoms. The van der Waals surface area contributed by atoms with E-state index in [-0.39, 0.29) is 17.7 Å². The van der Waals surface area contributed by atoms with Crippen LogP contribution >= 0.6 is 0 Å². The molecule has 7 rings (SSSR count). The van der Waals surface area contributed by atoms with E-state index < -0.39 is 0 Å². The summed E-state index contributed by atoms with van der Waals surface area (Å²) in [6, 6.07) is 19.8. The van der Waals surface area contributed by atoms with Gasteiger partial charge >= 0.3 is 0 Å². The van der Waals surface area contributed by atoms with Crippen molar-refractivity contribution in [3.05, 3.63) is 96.5 Å². The normalized spacial score (nSPS) is 14.9. The van der Waals surface area contributed by atoms with E-state index in [0.29, 0.717) is 41.6 Å². The van der Waals surface area contributed by atoms with Crippen molar-refractivity contribution in [2.24, 2.45) is 20.0 Å². The summed E-state index contributed by atoms with van der Waals surface area (Å²) in [7, 11) is 3.73.